The highest BCUT2D eigenvalue weighted by Gasteiger charge is 2.56. The molecule has 4 rings (SSSR count). The van der Waals surface area contributed by atoms with Crippen molar-refractivity contribution < 1.29 is 23.7 Å². The Morgan fingerprint density at radius 1 is 1.22 bits per heavy atom. The number of benzene rings is 1. The molecule has 0 aliphatic carbocycles. The maximum absolute atomic E-state index is 10.4. The number of hydrogen-bond acceptors (Lipinski definition) is 7. The van der Waals surface area contributed by atoms with Crippen molar-refractivity contribution in [2.45, 2.75) is 44.2 Å². The van der Waals surface area contributed by atoms with Crippen LogP contribution in [0.25, 0.3) is 11.5 Å². The normalized spacial score (nSPS) is 32.2. The molecular weight excluding hydrogens is 324 g/mol. The number of nitrogens with zero attached hydrogens (tertiary/aromatic N) is 2. The molecule has 2 fully saturated rings. The van der Waals surface area contributed by atoms with Crippen LogP contribution in [0.5, 0.6) is 0 Å². The monoisotopic (exact) mass is 338 g/mol. The maximum Gasteiger partial charge on any atom is 0.248 e. The molecule has 0 unspecified atom stereocenters. The predicted molar refractivity (Wildman–Crippen MR) is 78.4 cm³/mol. The van der Waals surface area contributed by atoms with Crippen molar-refractivity contribution in [3.05, 3.63) is 35.2 Å². The molecule has 7 nitrogen and oxygen atoms in total. The van der Waals surface area contributed by atoms with Crippen LogP contribution < -0.4 is 0 Å². The maximum atomic E-state index is 10.4. The molecule has 4 atom stereocenters. The van der Waals surface area contributed by atoms with Crippen molar-refractivity contribution in [3.8, 4) is 11.5 Å². The van der Waals surface area contributed by atoms with Crippen LogP contribution in [0, 0.1) is 0 Å². The predicted octanol–water partition coefficient (Wildman–Crippen LogP) is 2.30. The van der Waals surface area contributed by atoms with Crippen LogP contribution in [-0.4, -0.2) is 39.6 Å². The Bertz CT molecular complexity index is 734. The van der Waals surface area contributed by atoms with E-state index in [2.05, 4.69) is 10.2 Å². The zero-order valence-electron chi connectivity index (χ0n) is 12.5. The van der Waals surface area contributed by atoms with Crippen LogP contribution in [0.1, 0.15) is 25.8 Å². The lowest BCUT2D eigenvalue weighted by Crippen LogP contribution is -2.31. The molecule has 0 bridgehead atoms. The van der Waals surface area contributed by atoms with Gasteiger partial charge in [-0.2, -0.15) is 0 Å². The van der Waals surface area contributed by atoms with E-state index in [0.717, 1.165) is 0 Å². The molecule has 2 aliphatic heterocycles. The minimum absolute atomic E-state index is 0.173. The van der Waals surface area contributed by atoms with Crippen molar-refractivity contribution in [1.82, 2.24) is 10.2 Å². The molecule has 1 aromatic heterocycles. The molecule has 122 valence electrons. The average Bonchev–Trinajstić information content (AvgIpc) is 3.14. The number of halogens is 1. The van der Waals surface area contributed by atoms with E-state index in [9.17, 15) is 5.11 Å². The third-order valence-electron chi connectivity index (χ3n) is 3.77. The third kappa shape index (κ3) is 2.64. The summed E-state index contributed by atoms with van der Waals surface area (Å²) in [6.07, 6.45) is -2.99. The highest BCUT2D eigenvalue weighted by Crippen LogP contribution is 2.43. The first kappa shape index (κ1) is 15.0. The third-order valence-corrected chi connectivity index (χ3v) is 4.01. The molecule has 0 saturated carbocycles. The molecule has 0 radical (unpaired) electrons. The van der Waals surface area contributed by atoms with Crippen molar-refractivity contribution in [2.75, 3.05) is 0 Å². The summed E-state index contributed by atoms with van der Waals surface area (Å²) in [5.74, 6) is -0.313. The number of aliphatic hydroxyl groups is 1. The lowest BCUT2D eigenvalue weighted by molar-refractivity contribution is -0.218. The van der Waals surface area contributed by atoms with Gasteiger partial charge in [0.15, 0.2) is 18.2 Å². The van der Waals surface area contributed by atoms with Gasteiger partial charge in [0, 0.05) is 10.6 Å². The number of fused-ring (bicyclic) bond motifs is 1. The first-order valence-corrected chi connectivity index (χ1v) is 7.59. The lowest BCUT2D eigenvalue weighted by atomic mass is 10.1. The van der Waals surface area contributed by atoms with E-state index in [0.29, 0.717) is 16.5 Å². The van der Waals surface area contributed by atoms with Crippen LogP contribution in [0.4, 0.5) is 0 Å². The molecular formula is C15H15ClN2O5. The fourth-order valence-corrected chi connectivity index (χ4v) is 2.97. The molecule has 1 N–H and O–H groups in total. The van der Waals surface area contributed by atoms with Crippen molar-refractivity contribution in [1.29, 1.82) is 0 Å². The molecule has 3 heterocycles. The summed E-state index contributed by atoms with van der Waals surface area (Å²) in [6, 6.07) is 7.06. The summed E-state index contributed by atoms with van der Waals surface area (Å²) in [5, 5.41) is 18.9. The molecule has 8 heteroatoms. The van der Waals surface area contributed by atoms with E-state index in [-0.39, 0.29) is 5.89 Å². The van der Waals surface area contributed by atoms with Gasteiger partial charge in [-0.05, 0) is 32.0 Å². The highest BCUT2D eigenvalue weighted by molar-refractivity contribution is 6.30. The van der Waals surface area contributed by atoms with Gasteiger partial charge in [0.05, 0.1) is 0 Å². The molecule has 2 aliphatic rings. The topological polar surface area (TPSA) is 86.8 Å². The SMILES string of the molecule is CC1(C)O[C@H]2O[C@H](c3nnc(-c4cccc(Cl)c4)o3)[C@H](O)[C@H]2O1. The van der Waals surface area contributed by atoms with E-state index in [1.165, 1.54) is 0 Å². The van der Waals surface area contributed by atoms with Crippen molar-refractivity contribution in [3.63, 3.8) is 0 Å². The quantitative estimate of drug-likeness (QED) is 0.898. The average molecular weight is 339 g/mol. The smallest absolute Gasteiger partial charge is 0.248 e. The standard InChI is InChI=1S/C15H15ClN2O5/c1-15(2)22-11-9(19)10(20-14(11)23-15)13-18-17-12(21-13)7-4-3-5-8(16)6-7/h3-6,9-11,14,19H,1-2H3/t9-,10-,11+,14+/m0/s1. The van der Waals surface area contributed by atoms with Crippen molar-refractivity contribution in [2.24, 2.45) is 0 Å². The lowest BCUT2D eigenvalue weighted by Gasteiger charge is -2.21. The summed E-state index contributed by atoms with van der Waals surface area (Å²) in [6.45, 7) is 3.53. The summed E-state index contributed by atoms with van der Waals surface area (Å²) in [7, 11) is 0. The van der Waals surface area contributed by atoms with E-state index in [1.807, 2.05) is 0 Å². The van der Waals surface area contributed by atoms with Gasteiger partial charge in [-0.3, -0.25) is 0 Å². The van der Waals surface area contributed by atoms with Gasteiger partial charge >= 0.3 is 0 Å². The van der Waals surface area contributed by atoms with Gasteiger partial charge in [-0.1, -0.05) is 17.7 Å². The first-order valence-electron chi connectivity index (χ1n) is 7.21. The Morgan fingerprint density at radius 3 is 2.78 bits per heavy atom. The second kappa shape index (κ2) is 5.25. The molecule has 0 amide bonds. The molecule has 2 saturated heterocycles. The van der Waals surface area contributed by atoms with Crippen LogP contribution in [0.15, 0.2) is 28.7 Å². The van der Waals surface area contributed by atoms with Gasteiger partial charge in [0.25, 0.3) is 0 Å². The molecule has 23 heavy (non-hydrogen) atoms. The zero-order chi connectivity index (χ0) is 16.2. The fourth-order valence-electron chi connectivity index (χ4n) is 2.78. The van der Waals surface area contributed by atoms with Crippen LogP contribution >= 0.6 is 11.6 Å². The van der Waals surface area contributed by atoms with Crippen molar-refractivity contribution >= 4 is 11.6 Å². The molecule has 2 aromatic rings. The van der Waals surface area contributed by atoms with Gasteiger partial charge in [-0.25, -0.2) is 0 Å². The highest BCUT2D eigenvalue weighted by atomic mass is 35.5. The van der Waals surface area contributed by atoms with E-state index in [4.69, 9.17) is 30.2 Å². The summed E-state index contributed by atoms with van der Waals surface area (Å²) in [5.41, 5.74) is 0.692. The first-order chi connectivity index (χ1) is 10.9. The summed E-state index contributed by atoms with van der Waals surface area (Å²) >= 11 is 5.96. The minimum atomic E-state index is -0.950. The Kier molecular flexibility index (Phi) is 3.44. The number of ether oxygens (including phenoxy) is 3. The Morgan fingerprint density at radius 2 is 2.04 bits per heavy atom. The fraction of sp³-hybridized carbons (Fsp3) is 0.467. The zero-order valence-corrected chi connectivity index (χ0v) is 13.2. The second-order valence-corrected chi connectivity index (χ2v) is 6.41. The van der Waals surface area contributed by atoms with Crippen LogP contribution in [-0.2, 0) is 14.2 Å². The Hall–Kier alpha value is -1.51. The largest absolute Gasteiger partial charge is 0.418 e. The summed E-state index contributed by atoms with van der Waals surface area (Å²) < 4.78 is 22.5. The summed E-state index contributed by atoms with van der Waals surface area (Å²) in [4.78, 5) is 0. The second-order valence-electron chi connectivity index (χ2n) is 5.97. The number of aromatic nitrogens is 2. The van der Waals surface area contributed by atoms with Crippen LogP contribution in [0.3, 0.4) is 0 Å². The van der Waals surface area contributed by atoms with E-state index < -0.39 is 30.4 Å². The van der Waals surface area contributed by atoms with E-state index in [1.54, 1.807) is 38.1 Å². The number of rotatable bonds is 2. The van der Waals surface area contributed by atoms with Gasteiger partial charge in [0.2, 0.25) is 11.8 Å². The number of hydrogen-bond donors (Lipinski definition) is 1. The number of aliphatic hydroxyl groups excluding tert-OH is 1. The van der Waals surface area contributed by atoms with Gasteiger partial charge in [0.1, 0.15) is 12.2 Å². The molecule has 0 spiro atoms. The van der Waals surface area contributed by atoms with Gasteiger partial charge in [-0.15, -0.1) is 10.2 Å². The van der Waals surface area contributed by atoms with Crippen LogP contribution in [0.2, 0.25) is 5.02 Å². The Balaban J connectivity index is 1.57. The molecule has 1 aromatic carbocycles. The van der Waals surface area contributed by atoms with Gasteiger partial charge < -0.3 is 23.7 Å². The minimum Gasteiger partial charge on any atom is -0.418 e. The Labute approximate surface area is 137 Å². The van der Waals surface area contributed by atoms with E-state index >= 15 is 0 Å².